The zero-order chi connectivity index (χ0) is 16.8. The molecule has 3 nitrogen and oxygen atoms in total. The average molecular weight is 324 g/mol. The number of hydrogen-bond donors (Lipinski definition) is 0. The van der Waals surface area contributed by atoms with Gasteiger partial charge in [0.25, 0.3) is 0 Å². The van der Waals surface area contributed by atoms with Crippen molar-refractivity contribution in [2.24, 2.45) is 5.92 Å². The maximum Gasteiger partial charge on any atom is 0.118 e. The minimum atomic E-state index is 0.561. The van der Waals surface area contributed by atoms with E-state index < -0.39 is 0 Å². The van der Waals surface area contributed by atoms with Crippen molar-refractivity contribution < 1.29 is 4.74 Å². The first kappa shape index (κ1) is 17.0. The molecule has 0 spiro atoms. The molecule has 1 aliphatic heterocycles. The van der Waals surface area contributed by atoms with Gasteiger partial charge in [0.15, 0.2) is 0 Å². The fraction of sp³-hybridized carbons (Fsp3) is 0.476. The molecule has 1 aromatic heterocycles. The Morgan fingerprint density at radius 2 is 1.92 bits per heavy atom. The monoisotopic (exact) mass is 324 g/mol. The summed E-state index contributed by atoms with van der Waals surface area (Å²) in [6.07, 6.45) is 7.63. The third-order valence-corrected chi connectivity index (χ3v) is 5.17. The van der Waals surface area contributed by atoms with Gasteiger partial charge in [-0.2, -0.15) is 0 Å². The fourth-order valence-corrected chi connectivity index (χ4v) is 3.65. The Labute approximate surface area is 145 Å². The van der Waals surface area contributed by atoms with Crippen LogP contribution in [-0.4, -0.2) is 36.6 Å². The number of piperidine rings is 1. The lowest BCUT2D eigenvalue weighted by Crippen LogP contribution is -2.36. The van der Waals surface area contributed by atoms with Crippen molar-refractivity contribution in [1.29, 1.82) is 0 Å². The fourth-order valence-electron chi connectivity index (χ4n) is 3.65. The highest BCUT2D eigenvalue weighted by Gasteiger charge is 2.21. The molecule has 1 aliphatic rings. The molecule has 0 bridgehead atoms. The zero-order valence-corrected chi connectivity index (χ0v) is 14.8. The third-order valence-electron chi connectivity index (χ3n) is 5.17. The Morgan fingerprint density at radius 1 is 1.17 bits per heavy atom. The van der Waals surface area contributed by atoms with E-state index in [9.17, 15) is 0 Å². The van der Waals surface area contributed by atoms with Gasteiger partial charge in [-0.3, -0.25) is 4.98 Å². The largest absolute Gasteiger partial charge is 0.497 e. The standard InChI is InChI=1S/C21H28N2O/c1-17(20-5-7-21(24-2)8-6-20)16-23-12-9-18(10-13-23)14-19-4-3-11-22-15-19/h3-8,11,15,17-18H,9-10,12-14,16H2,1-2H3. The molecule has 0 N–H and O–H groups in total. The molecule has 1 unspecified atom stereocenters. The Kier molecular flexibility index (Phi) is 5.86. The van der Waals surface area contributed by atoms with E-state index in [4.69, 9.17) is 4.74 Å². The number of pyridine rings is 1. The number of hydrogen-bond acceptors (Lipinski definition) is 3. The van der Waals surface area contributed by atoms with Gasteiger partial charge in [-0.25, -0.2) is 0 Å². The van der Waals surface area contributed by atoms with E-state index in [2.05, 4.69) is 47.1 Å². The van der Waals surface area contributed by atoms with Crippen LogP contribution in [0.3, 0.4) is 0 Å². The second kappa shape index (κ2) is 8.29. The lowest BCUT2D eigenvalue weighted by atomic mass is 9.90. The molecular weight excluding hydrogens is 296 g/mol. The molecule has 0 aliphatic carbocycles. The normalized spacial score (nSPS) is 17.6. The van der Waals surface area contributed by atoms with Gasteiger partial charge < -0.3 is 9.64 Å². The minimum absolute atomic E-state index is 0.561. The number of aromatic nitrogens is 1. The molecule has 24 heavy (non-hydrogen) atoms. The first-order valence-corrected chi connectivity index (χ1v) is 9.00. The van der Waals surface area contributed by atoms with E-state index in [0.29, 0.717) is 5.92 Å². The summed E-state index contributed by atoms with van der Waals surface area (Å²) in [5.41, 5.74) is 2.77. The quantitative estimate of drug-likeness (QED) is 0.798. The molecule has 1 aromatic carbocycles. The van der Waals surface area contributed by atoms with Crippen LogP contribution in [0.15, 0.2) is 48.8 Å². The molecule has 2 heterocycles. The number of rotatable bonds is 6. The van der Waals surface area contributed by atoms with Crippen LogP contribution in [0, 0.1) is 5.92 Å². The van der Waals surface area contributed by atoms with Crippen LogP contribution in [0.4, 0.5) is 0 Å². The van der Waals surface area contributed by atoms with Crippen molar-refractivity contribution in [3.8, 4) is 5.75 Å². The molecule has 0 saturated carbocycles. The highest BCUT2D eigenvalue weighted by molar-refractivity contribution is 5.29. The summed E-state index contributed by atoms with van der Waals surface area (Å²) in [5.74, 6) is 2.30. The Hall–Kier alpha value is -1.87. The lowest BCUT2D eigenvalue weighted by Gasteiger charge is -2.33. The molecular formula is C21H28N2O. The van der Waals surface area contributed by atoms with Crippen molar-refractivity contribution in [1.82, 2.24) is 9.88 Å². The van der Waals surface area contributed by atoms with Crippen LogP contribution >= 0.6 is 0 Å². The third kappa shape index (κ3) is 4.57. The Bertz CT molecular complexity index is 603. The summed E-state index contributed by atoms with van der Waals surface area (Å²) in [6, 6.07) is 12.8. The van der Waals surface area contributed by atoms with Crippen molar-refractivity contribution in [2.75, 3.05) is 26.7 Å². The Morgan fingerprint density at radius 3 is 2.54 bits per heavy atom. The van der Waals surface area contributed by atoms with Gasteiger partial charge in [-0.1, -0.05) is 25.1 Å². The summed E-state index contributed by atoms with van der Waals surface area (Å²) < 4.78 is 5.24. The van der Waals surface area contributed by atoms with Crippen LogP contribution in [-0.2, 0) is 6.42 Å². The van der Waals surface area contributed by atoms with Crippen molar-refractivity contribution in [3.05, 3.63) is 59.9 Å². The molecule has 1 atom stereocenters. The SMILES string of the molecule is COc1ccc(C(C)CN2CCC(Cc3cccnc3)CC2)cc1. The van der Waals surface area contributed by atoms with Gasteiger partial charge in [0.2, 0.25) is 0 Å². The van der Waals surface area contributed by atoms with Crippen LogP contribution < -0.4 is 4.74 Å². The highest BCUT2D eigenvalue weighted by Crippen LogP contribution is 2.25. The molecule has 0 radical (unpaired) electrons. The van der Waals surface area contributed by atoms with Gasteiger partial charge in [0.1, 0.15) is 5.75 Å². The van der Waals surface area contributed by atoms with Gasteiger partial charge in [-0.15, -0.1) is 0 Å². The predicted octanol–water partition coefficient (Wildman–Crippen LogP) is 4.15. The number of likely N-dealkylation sites (tertiary alicyclic amines) is 1. The molecule has 3 heteroatoms. The molecule has 2 aromatic rings. The highest BCUT2D eigenvalue weighted by atomic mass is 16.5. The first-order chi connectivity index (χ1) is 11.7. The molecule has 3 rings (SSSR count). The van der Waals surface area contributed by atoms with Gasteiger partial charge >= 0.3 is 0 Å². The van der Waals surface area contributed by atoms with E-state index in [0.717, 1.165) is 18.2 Å². The number of benzene rings is 1. The second-order valence-corrected chi connectivity index (χ2v) is 6.98. The van der Waals surface area contributed by atoms with E-state index >= 15 is 0 Å². The Balaban J connectivity index is 1.46. The predicted molar refractivity (Wildman–Crippen MR) is 98.5 cm³/mol. The van der Waals surface area contributed by atoms with Gasteiger partial charge in [0.05, 0.1) is 7.11 Å². The second-order valence-electron chi connectivity index (χ2n) is 6.98. The topological polar surface area (TPSA) is 25.4 Å². The summed E-state index contributed by atoms with van der Waals surface area (Å²) >= 11 is 0. The van der Waals surface area contributed by atoms with E-state index in [1.165, 1.54) is 43.5 Å². The van der Waals surface area contributed by atoms with E-state index in [1.54, 1.807) is 7.11 Å². The molecule has 1 fully saturated rings. The molecule has 128 valence electrons. The number of nitrogens with zero attached hydrogens (tertiary/aromatic N) is 2. The first-order valence-electron chi connectivity index (χ1n) is 9.00. The van der Waals surface area contributed by atoms with Gasteiger partial charge in [-0.05, 0) is 73.5 Å². The minimum Gasteiger partial charge on any atom is -0.497 e. The smallest absolute Gasteiger partial charge is 0.118 e. The maximum absolute atomic E-state index is 5.24. The number of methoxy groups -OCH3 is 1. The van der Waals surface area contributed by atoms with Crippen LogP contribution in [0.2, 0.25) is 0 Å². The van der Waals surface area contributed by atoms with Crippen LogP contribution in [0.5, 0.6) is 5.75 Å². The zero-order valence-electron chi connectivity index (χ0n) is 14.8. The van der Waals surface area contributed by atoms with Gasteiger partial charge in [0, 0.05) is 18.9 Å². The van der Waals surface area contributed by atoms with Crippen LogP contribution in [0.1, 0.15) is 36.8 Å². The maximum atomic E-state index is 5.24. The van der Waals surface area contributed by atoms with E-state index in [-0.39, 0.29) is 0 Å². The van der Waals surface area contributed by atoms with Crippen LogP contribution in [0.25, 0.3) is 0 Å². The van der Waals surface area contributed by atoms with E-state index in [1.807, 2.05) is 18.5 Å². The summed E-state index contributed by atoms with van der Waals surface area (Å²) in [5, 5.41) is 0. The summed E-state index contributed by atoms with van der Waals surface area (Å²) in [6.45, 7) is 5.90. The summed E-state index contributed by atoms with van der Waals surface area (Å²) in [4.78, 5) is 6.85. The number of ether oxygens (including phenoxy) is 1. The van der Waals surface area contributed by atoms with Crippen molar-refractivity contribution in [3.63, 3.8) is 0 Å². The van der Waals surface area contributed by atoms with Crippen molar-refractivity contribution in [2.45, 2.75) is 32.1 Å². The lowest BCUT2D eigenvalue weighted by molar-refractivity contribution is 0.177. The molecule has 1 saturated heterocycles. The van der Waals surface area contributed by atoms with Crippen molar-refractivity contribution >= 4 is 0 Å². The average Bonchev–Trinajstić information content (AvgIpc) is 2.64. The molecule has 0 amide bonds. The summed E-state index contributed by atoms with van der Waals surface area (Å²) in [7, 11) is 1.72.